The first kappa shape index (κ1) is 22.7. The highest BCUT2D eigenvalue weighted by molar-refractivity contribution is 7.86. The Morgan fingerprint density at radius 1 is 1.00 bits per heavy atom. The molecule has 0 amide bonds. The molecular weight excluding hydrogens is 396 g/mol. The molecule has 0 bridgehead atoms. The van der Waals surface area contributed by atoms with Gasteiger partial charge in [0.05, 0.1) is 32.8 Å². The van der Waals surface area contributed by atoms with E-state index in [1.165, 1.54) is 26.4 Å². The molecule has 0 N–H and O–H groups in total. The first-order valence-corrected chi connectivity index (χ1v) is 10.5. The van der Waals surface area contributed by atoms with Gasteiger partial charge in [-0.25, -0.2) is 0 Å². The molecule has 0 saturated carbocycles. The van der Waals surface area contributed by atoms with Gasteiger partial charge in [0.25, 0.3) is 10.1 Å². The number of hydrogen-bond acceptors (Lipinski definition) is 7. The van der Waals surface area contributed by atoms with E-state index in [1.807, 2.05) is 6.92 Å². The number of rotatable bonds is 10. The fraction of sp³-hybridized carbons (Fsp3) is 0.381. The van der Waals surface area contributed by atoms with Crippen molar-refractivity contribution in [2.45, 2.75) is 30.6 Å². The molecular formula is C21H26O7S. The summed E-state index contributed by atoms with van der Waals surface area (Å²) in [4.78, 5) is 11.7. The van der Waals surface area contributed by atoms with Crippen LogP contribution >= 0.6 is 0 Å². The van der Waals surface area contributed by atoms with Crippen LogP contribution in [0.5, 0.6) is 11.5 Å². The molecule has 0 aliphatic carbocycles. The Morgan fingerprint density at radius 2 is 1.69 bits per heavy atom. The highest BCUT2D eigenvalue weighted by Gasteiger charge is 2.23. The van der Waals surface area contributed by atoms with Gasteiger partial charge in [-0.3, -0.25) is 8.98 Å². The zero-order chi connectivity index (χ0) is 21.4. The standard InChI is InChI=1S/C21H26O7S/c1-15-5-9-18(10-6-15)29(23,24)28-14-16(7-12-21(22)27-4)19-11-8-17(25-2)13-20(19)26-3/h5-6,8-11,13,16H,7,12,14H2,1-4H3. The maximum atomic E-state index is 12.6. The zero-order valence-corrected chi connectivity index (χ0v) is 17.8. The minimum absolute atomic E-state index is 0.0801. The van der Waals surface area contributed by atoms with Gasteiger partial charge in [-0.1, -0.05) is 23.8 Å². The van der Waals surface area contributed by atoms with Crippen molar-refractivity contribution in [2.75, 3.05) is 27.9 Å². The first-order chi connectivity index (χ1) is 13.8. The van der Waals surface area contributed by atoms with Crippen molar-refractivity contribution in [3.8, 4) is 11.5 Å². The molecule has 0 fully saturated rings. The number of carbonyl (C=O) groups is 1. The summed E-state index contributed by atoms with van der Waals surface area (Å²) in [5, 5.41) is 0. The summed E-state index contributed by atoms with van der Waals surface area (Å²) in [6.07, 6.45) is 0.447. The predicted octanol–water partition coefficient (Wildman–Crippen LogP) is 3.45. The number of methoxy groups -OCH3 is 3. The first-order valence-electron chi connectivity index (χ1n) is 9.05. The molecule has 8 heteroatoms. The third-order valence-corrected chi connectivity index (χ3v) is 5.83. The minimum atomic E-state index is -3.94. The Hall–Kier alpha value is -2.58. The molecule has 158 valence electrons. The lowest BCUT2D eigenvalue weighted by molar-refractivity contribution is -0.140. The van der Waals surface area contributed by atoms with E-state index in [0.717, 1.165) is 11.1 Å². The topological polar surface area (TPSA) is 88.1 Å². The summed E-state index contributed by atoms with van der Waals surface area (Å²) < 4.78 is 45.8. The van der Waals surface area contributed by atoms with Crippen molar-refractivity contribution in [3.63, 3.8) is 0 Å². The third kappa shape index (κ3) is 6.20. The Labute approximate surface area is 171 Å². The van der Waals surface area contributed by atoms with Crippen LogP contribution in [0, 0.1) is 6.92 Å². The average Bonchev–Trinajstić information content (AvgIpc) is 2.73. The largest absolute Gasteiger partial charge is 0.497 e. The van der Waals surface area contributed by atoms with Crippen molar-refractivity contribution < 1.29 is 31.6 Å². The zero-order valence-electron chi connectivity index (χ0n) is 17.0. The Bertz CT molecular complexity index is 921. The Kier molecular flexibility index (Phi) is 8.04. The normalized spacial score (nSPS) is 12.3. The Morgan fingerprint density at radius 3 is 2.28 bits per heavy atom. The van der Waals surface area contributed by atoms with E-state index in [-0.39, 0.29) is 23.9 Å². The van der Waals surface area contributed by atoms with Gasteiger partial charge in [-0.2, -0.15) is 8.42 Å². The van der Waals surface area contributed by atoms with Gasteiger partial charge in [0.15, 0.2) is 0 Å². The third-order valence-electron chi connectivity index (χ3n) is 4.54. The second-order valence-electron chi connectivity index (χ2n) is 6.47. The van der Waals surface area contributed by atoms with E-state index in [0.29, 0.717) is 17.9 Å². The molecule has 0 spiro atoms. The van der Waals surface area contributed by atoms with Crippen molar-refractivity contribution in [3.05, 3.63) is 53.6 Å². The lowest BCUT2D eigenvalue weighted by Crippen LogP contribution is -2.16. The molecule has 2 aromatic carbocycles. The molecule has 2 aromatic rings. The smallest absolute Gasteiger partial charge is 0.305 e. The van der Waals surface area contributed by atoms with E-state index in [1.54, 1.807) is 37.4 Å². The quantitative estimate of drug-likeness (QED) is 0.428. The monoisotopic (exact) mass is 422 g/mol. The van der Waals surface area contributed by atoms with Gasteiger partial charge in [0, 0.05) is 18.4 Å². The second kappa shape index (κ2) is 10.3. The lowest BCUT2D eigenvalue weighted by atomic mass is 9.94. The summed E-state index contributed by atoms with van der Waals surface area (Å²) >= 11 is 0. The summed E-state index contributed by atoms with van der Waals surface area (Å²) in [5.74, 6) is 0.333. The highest BCUT2D eigenvalue weighted by atomic mass is 32.2. The summed E-state index contributed by atoms with van der Waals surface area (Å²) in [6, 6.07) is 11.6. The molecule has 0 aliphatic heterocycles. The van der Waals surface area contributed by atoms with Gasteiger partial charge in [0.1, 0.15) is 11.5 Å². The van der Waals surface area contributed by atoms with Crippen LogP contribution in [0.3, 0.4) is 0 Å². The molecule has 0 radical (unpaired) electrons. The summed E-state index contributed by atoms with van der Waals surface area (Å²) in [5.41, 5.74) is 1.67. The minimum Gasteiger partial charge on any atom is -0.497 e. The van der Waals surface area contributed by atoms with Crippen LogP contribution in [-0.2, 0) is 23.8 Å². The summed E-state index contributed by atoms with van der Waals surface area (Å²) in [7, 11) is 0.426. The Balaban J connectivity index is 2.26. The van der Waals surface area contributed by atoms with Crippen LogP contribution in [0.1, 0.15) is 29.9 Å². The molecule has 7 nitrogen and oxygen atoms in total. The van der Waals surface area contributed by atoms with Crippen molar-refractivity contribution in [2.24, 2.45) is 0 Å². The van der Waals surface area contributed by atoms with Crippen LogP contribution < -0.4 is 9.47 Å². The fourth-order valence-corrected chi connectivity index (χ4v) is 3.77. The van der Waals surface area contributed by atoms with E-state index < -0.39 is 16.0 Å². The maximum absolute atomic E-state index is 12.6. The molecule has 29 heavy (non-hydrogen) atoms. The number of aryl methyl sites for hydroxylation is 1. The molecule has 0 aliphatic rings. The van der Waals surface area contributed by atoms with Crippen LogP contribution in [-0.4, -0.2) is 42.3 Å². The maximum Gasteiger partial charge on any atom is 0.305 e. The van der Waals surface area contributed by atoms with Gasteiger partial charge in [-0.05, 0) is 37.1 Å². The van der Waals surface area contributed by atoms with Crippen molar-refractivity contribution in [1.29, 1.82) is 0 Å². The predicted molar refractivity (Wildman–Crippen MR) is 108 cm³/mol. The van der Waals surface area contributed by atoms with Gasteiger partial charge < -0.3 is 14.2 Å². The average molecular weight is 422 g/mol. The molecule has 0 heterocycles. The van der Waals surface area contributed by atoms with Crippen LogP contribution in [0.4, 0.5) is 0 Å². The molecule has 0 saturated heterocycles. The summed E-state index contributed by atoms with van der Waals surface area (Å²) in [6.45, 7) is 1.73. The van der Waals surface area contributed by atoms with Crippen LogP contribution in [0.2, 0.25) is 0 Å². The fourth-order valence-electron chi connectivity index (χ4n) is 2.82. The number of esters is 1. The highest BCUT2D eigenvalue weighted by Crippen LogP contribution is 2.34. The van der Waals surface area contributed by atoms with Crippen molar-refractivity contribution >= 4 is 16.1 Å². The molecule has 1 unspecified atom stereocenters. The van der Waals surface area contributed by atoms with Gasteiger partial charge >= 0.3 is 5.97 Å². The van der Waals surface area contributed by atoms with Crippen molar-refractivity contribution in [1.82, 2.24) is 0 Å². The second-order valence-corrected chi connectivity index (χ2v) is 8.09. The van der Waals surface area contributed by atoms with Crippen LogP contribution in [0.25, 0.3) is 0 Å². The number of ether oxygens (including phenoxy) is 3. The van der Waals surface area contributed by atoms with E-state index in [4.69, 9.17) is 18.4 Å². The SMILES string of the molecule is COC(=O)CCC(COS(=O)(=O)c1ccc(C)cc1)c1ccc(OC)cc1OC. The van der Waals surface area contributed by atoms with Gasteiger partial charge in [-0.15, -0.1) is 0 Å². The van der Waals surface area contributed by atoms with E-state index >= 15 is 0 Å². The number of benzene rings is 2. The number of carbonyl (C=O) groups excluding carboxylic acids is 1. The lowest BCUT2D eigenvalue weighted by Gasteiger charge is -2.20. The number of hydrogen-bond donors (Lipinski definition) is 0. The molecule has 2 rings (SSSR count). The van der Waals surface area contributed by atoms with E-state index in [9.17, 15) is 13.2 Å². The van der Waals surface area contributed by atoms with Crippen LogP contribution in [0.15, 0.2) is 47.4 Å². The van der Waals surface area contributed by atoms with E-state index in [2.05, 4.69) is 0 Å². The molecule has 1 atom stereocenters. The molecule has 0 aromatic heterocycles. The van der Waals surface area contributed by atoms with Gasteiger partial charge in [0.2, 0.25) is 0 Å².